The lowest BCUT2D eigenvalue weighted by molar-refractivity contribution is 0.209. The maximum absolute atomic E-state index is 14.6. The van der Waals surface area contributed by atoms with Gasteiger partial charge in [-0.3, -0.25) is 0 Å². The summed E-state index contributed by atoms with van der Waals surface area (Å²) in [4.78, 5) is 0. The van der Waals surface area contributed by atoms with Crippen molar-refractivity contribution >= 4 is 0 Å². The second-order valence-electron chi connectivity index (χ2n) is 8.09. The minimum Gasteiger partial charge on any atom is -0.497 e. The van der Waals surface area contributed by atoms with Crippen LogP contribution in [-0.2, 0) is 6.42 Å². The molecule has 1 fully saturated rings. The molecule has 0 unspecified atom stereocenters. The summed E-state index contributed by atoms with van der Waals surface area (Å²) >= 11 is 0. The normalized spacial score (nSPS) is 15.1. The zero-order valence-electron chi connectivity index (χ0n) is 16.8. The second kappa shape index (κ2) is 9.25. The molecule has 0 amide bonds. The number of halogens is 1. The summed E-state index contributed by atoms with van der Waals surface area (Å²) in [6.07, 6.45) is 7.36. The minimum atomic E-state index is -0.255. The van der Waals surface area contributed by atoms with Gasteiger partial charge in [0.2, 0.25) is 0 Å². The maximum atomic E-state index is 14.6. The van der Waals surface area contributed by atoms with Gasteiger partial charge in [0.25, 0.3) is 0 Å². The Kier molecular flexibility index (Phi) is 6.76. The molecular formula is C24H31FO2. The van der Waals surface area contributed by atoms with Crippen LogP contribution in [-0.4, -0.2) is 13.7 Å². The maximum Gasteiger partial charge on any atom is 0.131 e. The van der Waals surface area contributed by atoms with Crippen LogP contribution in [0.25, 0.3) is 11.1 Å². The van der Waals surface area contributed by atoms with E-state index in [9.17, 15) is 4.39 Å². The van der Waals surface area contributed by atoms with Crippen molar-refractivity contribution in [1.82, 2.24) is 0 Å². The lowest BCUT2D eigenvalue weighted by Gasteiger charge is -2.23. The van der Waals surface area contributed by atoms with Crippen molar-refractivity contribution in [3.05, 3.63) is 47.8 Å². The first kappa shape index (κ1) is 19.7. The van der Waals surface area contributed by atoms with Crippen molar-refractivity contribution in [2.75, 3.05) is 13.7 Å². The Morgan fingerprint density at radius 2 is 1.78 bits per heavy atom. The van der Waals surface area contributed by atoms with Crippen molar-refractivity contribution in [3.63, 3.8) is 0 Å². The number of ether oxygens (including phenoxy) is 2. The molecule has 0 N–H and O–H groups in total. The molecule has 1 aliphatic rings. The van der Waals surface area contributed by atoms with Gasteiger partial charge in [0.1, 0.15) is 17.3 Å². The van der Waals surface area contributed by atoms with Crippen molar-refractivity contribution < 1.29 is 13.9 Å². The van der Waals surface area contributed by atoms with Gasteiger partial charge in [0.15, 0.2) is 0 Å². The van der Waals surface area contributed by atoms with E-state index in [1.807, 2.05) is 6.07 Å². The fourth-order valence-electron chi connectivity index (χ4n) is 3.91. The Morgan fingerprint density at radius 3 is 2.48 bits per heavy atom. The van der Waals surface area contributed by atoms with Crippen LogP contribution in [0.5, 0.6) is 11.5 Å². The molecule has 0 bridgehead atoms. The SMILES string of the molecule is COc1ccc(F)c(-c2ccc(CC(C)C)cc2OCC2CCCCC2)c1. The lowest BCUT2D eigenvalue weighted by atomic mass is 9.90. The number of hydrogen-bond acceptors (Lipinski definition) is 2. The van der Waals surface area contributed by atoms with Crippen LogP contribution < -0.4 is 9.47 Å². The van der Waals surface area contributed by atoms with E-state index in [4.69, 9.17) is 9.47 Å². The average molecular weight is 371 g/mol. The van der Waals surface area contributed by atoms with Crippen LogP contribution in [0.4, 0.5) is 4.39 Å². The highest BCUT2D eigenvalue weighted by atomic mass is 19.1. The van der Waals surface area contributed by atoms with E-state index in [1.54, 1.807) is 19.2 Å². The molecule has 0 radical (unpaired) electrons. The van der Waals surface area contributed by atoms with E-state index in [0.717, 1.165) is 17.7 Å². The van der Waals surface area contributed by atoms with Gasteiger partial charge in [-0.1, -0.05) is 45.2 Å². The highest BCUT2D eigenvalue weighted by Gasteiger charge is 2.17. The Bertz CT molecular complexity index is 748. The summed E-state index contributed by atoms with van der Waals surface area (Å²) < 4.78 is 26.1. The van der Waals surface area contributed by atoms with E-state index in [-0.39, 0.29) is 5.82 Å². The Balaban J connectivity index is 1.91. The highest BCUT2D eigenvalue weighted by Crippen LogP contribution is 2.36. The number of hydrogen-bond donors (Lipinski definition) is 0. The zero-order valence-corrected chi connectivity index (χ0v) is 16.8. The van der Waals surface area contributed by atoms with Crippen LogP contribution in [0, 0.1) is 17.7 Å². The molecule has 1 saturated carbocycles. The van der Waals surface area contributed by atoms with Gasteiger partial charge < -0.3 is 9.47 Å². The third kappa shape index (κ3) is 5.24. The van der Waals surface area contributed by atoms with E-state index < -0.39 is 0 Å². The standard InChI is InChI=1S/C24H31FO2/c1-17(2)13-19-9-11-21(22-15-20(26-3)10-12-23(22)25)24(14-19)27-16-18-7-5-4-6-8-18/h9-12,14-15,17-18H,4-8,13,16H2,1-3H3. The zero-order chi connectivity index (χ0) is 19.2. The van der Waals surface area contributed by atoms with Crippen molar-refractivity contribution in [2.24, 2.45) is 11.8 Å². The molecule has 0 spiro atoms. The molecule has 0 heterocycles. The first-order valence-corrected chi connectivity index (χ1v) is 10.2. The third-order valence-corrected chi connectivity index (χ3v) is 5.35. The van der Waals surface area contributed by atoms with Gasteiger partial charge in [-0.25, -0.2) is 4.39 Å². The van der Waals surface area contributed by atoms with Gasteiger partial charge in [0, 0.05) is 11.1 Å². The Morgan fingerprint density at radius 1 is 1.00 bits per heavy atom. The fourth-order valence-corrected chi connectivity index (χ4v) is 3.91. The summed E-state index contributed by atoms with van der Waals surface area (Å²) in [5.41, 5.74) is 2.56. The molecule has 1 aliphatic carbocycles. The molecule has 27 heavy (non-hydrogen) atoms. The van der Waals surface area contributed by atoms with Crippen LogP contribution in [0.2, 0.25) is 0 Å². The van der Waals surface area contributed by atoms with Crippen LogP contribution in [0.15, 0.2) is 36.4 Å². The third-order valence-electron chi connectivity index (χ3n) is 5.35. The summed E-state index contributed by atoms with van der Waals surface area (Å²) in [6.45, 7) is 5.13. The van der Waals surface area contributed by atoms with Crippen LogP contribution >= 0.6 is 0 Å². The lowest BCUT2D eigenvalue weighted by Crippen LogP contribution is -2.15. The van der Waals surface area contributed by atoms with Crippen molar-refractivity contribution in [3.8, 4) is 22.6 Å². The van der Waals surface area contributed by atoms with Crippen LogP contribution in [0.3, 0.4) is 0 Å². The molecule has 0 saturated heterocycles. The fraction of sp³-hybridized carbons (Fsp3) is 0.500. The van der Waals surface area contributed by atoms with E-state index in [2.05, 4.69) is 26.0 Å². The molecule has 3 heteroatoms. The topological polar surface area (TPSA) is 18.5 Å². The minimum absolute atomic E-state index is 0.255. The first-order valence-electron chi connectivity index (χ1n) is 10.2. The molecule has 146 valence electrons. The largest absolute Gasteiger partial charge is 0.497 e. The van der Waals surface area contributed by atoms with E-state index in [1.165, 1.54) is 43.7 Å². The molecule has 0 aromatic heterocycles. The molecule has 0 aliphatic heterocycles. The molecule has 3 rings (SSSR count). The number of benzene rings is 2. The summed E-state index contributed by atoms with van der Waals surface area (Å²) in [5.74, 6) is 2.35. The molecule has 0 atom stereocenters. The number of rotatable bonds is 7. The summed E-state index contributed by atoms with van der Waals surface area (Å²) in [5, 5.41) is 0. The highest BCUT2D eigenvalue weighted by molar-refractivity contribution is 5.72. The van der Waals surface area contributed by atoms with E-state index >= 15 is 0 Å². The molecule has 2 aromatic carbocycles. The summed E-state index contributed by atoms with van der Waals surface area (Å²) in [7, 11) is 1.60. The Labute approximate surface area is 162 Å². The van der Waals surface area contributed by atoms with Crippen molar-refractivity contribution in [1.29, 1.82) is 0 Å². The average Bonchev–Trinajstić information content (AvgIpc) is 2.67. The van der Waals surface area contributed by atoms with Gasteiger partial charge in [0.05, 0.1) is 13.7 Å². The monoisotopic (exact) mass is 370 g/mol. The molecular weight excluding hydrogens is 339 g/mol. The predicted molar refractivity (Wildman–Crippen MR) is 109 cm³/mol. The summed E-state index contributed by atoms with van der Waals surface area (Å²) in [6, 6.07) is 11.0. The number of methoxy groups -OCH3 is 1. The van der Waals surface area contributed by atoms with Gasteiger partial charge >= 0.3 is 0 Å². The molecule has 2 nitrogen and oxygen atoms in total. The van der Waals surface area contributed by atoms with Gasteiger partial charge in [-0.15, -0.1) is 0 Å². The quantitative estimate of drug-likeness (QED) is 0.542. The molecule has 2 aromatic rings. The second-order valence-corrected chi connectivity index (χ2v) is 8.09. The van der Waals surface area contributed by atoms with Crippen molar-refractivity contribution in [2.45, 2.75) is 52.4 Å². The predicted octanol–water partition coefficient (Wildman–Crippen LogP) is 6.66. The Hall–Kier alpha value is -2.03. The van der Waals surface area contributed by atoms with Gasteiger partial charge in [-0.2, -0.15) is 0 Å². The smallest absolute Gasteiger partial charge is 0.131 e. The first-order chi connectivity index (χ1) is 13.1. The van der Waals surface area contributed by atoms with Crippen LogP contribution in [0.1, 0.15) is 51.5 Å². The van der Waals surface area contributed by atoms with E-state index in [0.29, 0.717) is 29.8 Å². The van der Waals surface area contributed by atoms with Gasteiger partial charge in [-0.05, 0) is 60.9 Å².